The van der Waals surface area contributed by atoms with Crippen molar-refractivity contribution in [3.63, 3.8) is 0 Å². The van der Waals surface area contributed by atoms with Crippen LogP contribution in [0.2, 0.25) is 5.02 Å². The van der Waals surface area contributed by atoms with Crippen LogP contribution in [-0.2, 0) is 23.1 Å². The van der Waals surface area contributed by atoms with E-state index >= 15 is 0 Å². The van der Waals surface area contributed by atoms with E-state index in [1.54, 1.807) is 31.2 Å². The molecule has 4 nitrogen and oxygen atoms in total. The fourth-order valence-corrected chi connectivity index (χ4v) is 4.57. The summed E-state index contributed by atoms with van der Waals surface area (Å²) in [6.45, 7) is 1.73. The van der Waals surface area contributed by atoms with Gasteiger partial charge in [0.1, 0.15) is 10.7 Å². The molecule has 0 bridgehead atoms. The number of nitrogens with zero attached hydrogens (tertiary/aromatic N) is 2. The lowest BCUT2D eigenvalue weighted by atomic mass is 10.1. The van der Waals surface area contributed by atoms with Crippen LogP contribution in [0.1, 0.15) is 22.3 Å². The van der Waals surface area contributed by atoms with Gasteiger partial charge in [0.15, 0.2) is 0 Å². The average molecular weight is 429 g/mol. The van der Waals surface area contributed by atoms with E-state index < -0.39 is 20.7 Å². The van der Waals surface area contributed by atoms with E-state index in [2.05, 4.69) is 0 Å². The van der Waals surface area contributed by atoms with Gasteiger partial charge in [-0.05, 0) is 47.9 Å². The minimum atomic E-state index is -4.15. The Kier molecular flexibility index (Phi) is 6.33. The predicted octanol–water partition coefficient (Wildman–Crippen LogP) is 5.05. The summed E-state index contributed by atoms with van der Waals surface area (Å²) >= 11 is 5.93. The van der Waals surface area contributed by atoms with Crippen LogP contribution in [0.4, 0.5) is 4.39 Å². The zero-order chi connectivity index (χ0) is 21.0. The number of halogens is 2. The van der Waals surface area contributed by atoms with Gasteiger partial charge in [-0.1, -0.05) is 54.1 Å². The normalized spacial score (nSPS) is 11.4. The summed E-state index contributed by atoms with van der Waals surface area (Å²) in [7, 11) is -4.15. The van der Waals surface area contributed by atoms with Crippen molar-refractivity contribution in [2.75, 3.05) is 0 Å². The first-order chi connectivity index (χ1) is 13.8. The molecule has 0 N–H and O–H groups in total. The largest absolute Gasteiger partial charge is 0.246 e. The maximum atomic E-state index is 14.5. The van der Waals surface area contributed by atoms with Crippen LogP contribution in [0.25, 0.3) is 0 Å². The van der Waals surface area contributed by atoms with Crippen molar-refractivity contribution in [1.82, 2.24) is 4.31 Å². The molecule has 148 valence electrons. The number of hydrogen-bond donors (Lipinski definition) is 0. The summed E-state index contributed by atoms with van der Waals surface area (Å²) in [6.07, 6.45) is 0. The van der Waals surface area contributed by atoms with Gasteiger partial charge in [0.25, 0.3) is 0 Å². The van der Waals surface area contributed by atoms with Crippen molar-refractivity contribution in [2.24, 2.45) is 0 Å². The number of hydrogen-bond acceptors (Lipinski definition) is 3. The molecule has 0 unspecified atom stereocenters. The van der Waals surface area contributed by atoms with Gasteiger partial charge in [-0.3, -0.25) is 0 Å². The highest BCUT2D eigenvalue weighted by Gasteiger charge is 2.28. The summed E-state index contributed by atoms with van der Waals surface area (Å²) < 4.78 is 42.4. The predicted molar refractivity (Wildman–Crippen MR) is 110 cm³/mol. The third-order valence-corrected chi connectivity index (χ3v) is 6.69. The van der Waals surface area contributed by atoms with Crippen LogP contribution >= 0.6 is 11.6 Å². The SMILES string of the molecule is Cc1cc(S(=O)(=O)N(Cc2ccccc2)Cc2ccc(C#N)cc2)c(F)cc1Cl. The molecule has 3 aromatic carbocycles. The lowest BCUT2D eigenvalue weighted by molar-refractivity contribution is 0.397. The Morgan fingerprint density at radius 3 is 2.17 bits per heavy atom. The number of rotatable bonds is 6. The second-order valence-electron chi connectivity index (χ2n) is 6.60. The topological polar surface area (TPSA) is 61.2 Å². The molecule has 7 heteroatoms. The lowest BCUT2D eigenvalue weighted by Crippen LogP contribution is -2.31. The van der Waals surface area contributed by atoms with Gasteiger partial charge >= 0.3 is 0 Å². The highest BCUT2D eigenvalue weighted by molar-refractivity contribution is 7.89. The molecule has 0 aliphatic carbocycles. The van der Waals surface area contributed by atoms with E-state index in [-0.39, 0.29) is 18.1 Å². The first kappa shape index (κ1) is 21.0. The molecule has 0 fully saturated rings. The van der Waals surface area contributed by atoms with Gasteiger partial charge < -0.3 is 0 Å². The molecular formula is C22H18ClFN2O2S. The fraction of sp³-hybridized carbons (Fsp3) is 0.136. The lowest BCUT2D eigenvalue weighted by Gasteiger charge is -2.23. The summed E-state index contributed by atoms with van der Waals surface area (Å²) in [4.78, 5) is -0.413. The van der Waals surface area contributed by atoms with Crippen molar-refractivity contribution in [3.05, 3.63) is 99.8 Å². The Morgan fingerprint density at radius 1 is 1.00 bits per heavy atom. The van der Waals surface area contributed by atoms with Crippen LogP contribution in [0, 0.1) is 24.1 Å². The van der Waals surface area contributed by atoms with Crippen LogP contribution < -0.4 is 0 Å². The number of nitriles is 1. The van der Waals surface area contributed by atoms with Crippen molar-refractivity contribution in [3.8, 4) is 6.07 Å². The first-order valence-electron chi connectivity index (χ1n) is 8.80. The van der Waals surface area contributed by atoms with Crippen LogP contribution in [-0.4, -0.2) is 12.7 Å². The quantitative estimate of drug-likeness (QED) is 0.552. The Bertz CT molecular complexity index is 1160. The Balaban J connectivity index is 2.03. The van der Waals surface area contributed by atoms with Crippen LogP contribution in [0.5, 0.6) is 0 Å². The maximum absolute atomic E-state index is 14.5. The molecule has 0 aliphatic heterocycles. The van der Waals surface area contributed by atoms with Gasteiger partial charge in [-0.15, -0.1) is 0 Å². The average Bonchev–Trinajstić information content (AvgIpc) is 2.71. The van der Waals surface area contributed by atoms with E-state index in [1.165, 1.54) is 10.4 Å². The molecule has 29 heavy (non-hydrogen) atoms. The van der Waals surface area contributed by atoms with Gasteiger partial charge in [0.2, 0.25) is 10.0 Å². The molecule has 0 atom stereocenters. The summed E-state index contributed by atoms with van der Waals surface area (Å²) in [5, 5.41) is 9.12. The molecule has 3 rings (SSSR count). The second kappa shape index (κ2) is 8.75. The van der Waals surface area contributed by atoms with Crippen LogP contribution in [0.15, 0.2) is 71.6 Å². The van der Waals surface area contributed by atoms with Gasteiger partial charge in [0, 0.05) is 18.1 Å². The molecule has 0 radical (unpaired) electrons. The monoisotopic (exact) mass is 428 g/mol. The van der Waals surface area contributed by atoms with E-state index in [0.29, 0.717) is 16.7 Å². The van der Waals surface area contributed by atoms with Crippen molar-refractivity contribution < 1.29 is 12.8 Å². The van der Waals surface area contributed by atoms with Crippen molar-refractivity contribution in [2.45, 2.75) is 24.9 Å². The van der Waals surface area contributed by atoms with Gasteiger partial charge in [-0.2, -0.15) is 9.57 Å². The highest BCUT2D eigenvalue weighted by Crippen LogP contribution is 2.28. The molecule has 3 aromatic rings. The van der Waals surface area contributed by atoms with E-state index in [4.69, 9.17) is 16.9 Å². The van der Waals surface area contributed by atoms with Gasteiger partial charge in [-0.25, -0.2) is 12.8 Å². The smallest absolute Gasteiger partial charge is 0.207 e. The van der Waals surface area contributed by atoms with E-state index in [1.807, 2.05) is 36.4 Å². The third kappa shape index (κ3) is 4.83. The molecule has 0 heterocycles. The number of sulfonamides is 1. The molecule has 0 aromatic heterocycles. The Labute approximate surface area is 174 Å². The molecule has 0 amide bonds. The first-order valence-corrected chi connectivity index (χ1v) is 10.6. The summed E-state index contributed by atoms with van der Waals surface area (Å²) in [6, 6.07) is 20.0. The number of benzene rings is 3. The minimum absolute atomic E-state index is 0.0318. The van der Waals surface area contributed by atoms with E-state index in [9.17, 15) is 12.8 Å². The minimum Gasteiger partial charge on any atom is -0.207 e. The third-order valence-electron chi connectivity index (χ3n) is 4.47. The highest BCUT2D eigenvalue weighted by atomic mass is 35.5. The molecule has 0 saturated heterocycles. The Hall–Kier alpha value is -2.72. The van der Waals surface area contributed by atoms with Crippen molar-refractivity contribution >= 4 is 21.6 Å². The summed E-state index contributed by atoms with van der Waals surface area (Å²) in [5.41, 5.74) is 2.42. The fourth-order valence-electron chi connectivity index (χ4n) is 2.87. The van der Waals surface area contributed by atoms with Gasteiger partial charge in [0.05, 0.1) is 11.6 Å². The van der Waals surface area contributed by atoms with E-state index in [0.717, 1.165) is 11.6 Å². The maximum Gasteiger partial charge on any atom is 0.246 e. The molecule has 0 spiro atoms. The zero-order valence-corrected chi connectivity index (χ0v) is 17.2. The zero-order valence-electron chi connectivity index (χ0n) is 15.6. The number of aryl methyl sites for hydroxylation is 1. The summed E-state index contributed by atoms with van der Waals surface area (Å²) in [5.74, 6) is -0.890. The standard InChI is InChI=1S/C22H18ClFN2O2S/c1-16-11-22(21(24)12-20(16)23)29(27,28)26(14-18-5-3-2-4-6-18)15-19-9-7-17(13-25)8-10-19/h2-12H,14-15H2,1H3. The molecular weight excluding hydrogens is 411 g/mol. The van der Waals surface area contributed by atoms with Crippen molar-refractivity contribution in [1.29, 1.82) is 5.26 Å². The van der Waals surface area contributed by atoms with Crippen LogP contribution in [0.3, 0.4) is 0 Å². The molecule has 0 aliphatic rings. The molecule has 0 saturated carbocycles. The Morgan fingerprint density at radius 2 is 1.59 bits per heavy atom. The second-order valence-corrected chi connectivity index (χ2v) is 8.91.